The Bertz CT molecular complexity index is 909. The highest BCUT2D eigenvalue weighted by molar-refractivity contribution is 7.89. The topological polar surface area (TPSA) is 75.7 Å². The number of ether oxygens (including phenoxy) is 1. The van der Waals surface area contributed by atoms with Crippen LogP contribution in [0.1, 0.15) is 44.2 Å². The predicted molar refractivity (Wildman–Crippen MR) is 112 cm³/mol. The Labute approximate surface area is 173 Å². The lowest BCUT2D eigenvalue weighted by atomic mass is 9.94. The van der Waals surface area contributed by atoms with Gasteiger partial charge in [0.15, 0.2) is 0 Å². The molecule has 2 saturated heterocycles. The van der Waals surface area contributed by atoms with E-state index < -0.39 is 10.0 Å². The SMILES string of the molecule is CC1CC(C)CN(S(=O)(=O)c2ccc3c(c2)C=C(C(=O)NCC2CCCO2)C3)C1. The Morgan fingerprint density at radius 3 is 2.69 bits per heavy atom. The number of carbonyl (C=O) groups excluding carboxylic acids is 1. The molecule has 2 aliphatic heterocycles. The molecular weight excluding hydrogens is 388 g/mol. The first-order chi connectivity index (χ1) is 13.8. The van der Waals surface area contributed by atoms with Gasteiger partial charge in [0.1, 0.15) is 0 Å². The molecule has 2 heterocycles. The minimum absolute atomic E-state index is 0.0974. The molecule has 29 heavy (non-hydrogen) atoms. The molecule has 158 valence electrons. The number of hydrogen-bond donors (Lipinski definition) is 1. The average molecular weight is 419 g/mol. The van der Waals surface area contributed by atoms with Crippen molar-refractivity contribution in [2.24, 2.45) is 11.8 Å². The highest BCUT2D eigenvalue weighted by Gasteiger charge is 2.32. The first-order valence-electron chi connectivity index (χ1n) is 10.6. The highest BCUT2D eigenvalue weighted by atomic mass is 32.2. The number of sulfonamides is 1. The maximum Gasteiger partial charge on any atom is 0.247 e. The van der Waals surface area contributed by atoms with E-state index in [1.54, 1.807) is 16.4 Å². The van der Waals surface area contributed by atoms with Crippen molar-refractivity contribution in [2.75, 3.05) is 26.2 Å². The van der Waals surface area contributed by atoms with Crippen LogP contribution in [0.25, 0.3) is 6.08 Å². The van der Waals surface area contributed by atoms with Crippen molar-refractivity contribution >= 4 is 22.0 Å². The second-order valence-corrected chi connectivity index (χ2v) is 10.8. The van der Waals surface area contributed by atoms with Gasteiger partial charge in [-0.25, -0.2) is 8.42 Å². The van der Waals surface area contributed by atoms with Crippen LogP contribution in [0, 0.1) is 11.8 Å². The van der Waals surface area contributed by atoms with E-state index in [4.69, 9.17) is 4.74 Å². The minimum atomic E-state index is -3.52. The largest absolute Gasteiger partial charge is 0.376 e. The third-order valence-electron chi connectivity index (χ3n) is 6.11. The Morgan fingerprint density at radius 1 is 1.24 bits per heavy atom. The maximum absolute atomic E-state index is 13.2. The molecule has 1 aliphatic carbocycles. The van der Waals surface area contributed by atoms with Gasteiger partial charge >= 0.3 is 0 Å². The molecular formula is C22H30N2O4S. The van der Waals surface area contributed by atoms with E-state index in [1.807, 2.05) is 12.1 Å². The number of piperidine rings is 1. The van der Waals surface area contributed by atoms with Gasteiger partial charge in [-0.2, -0.15) is 4.31 Å². The lowest BCUT2D eigenvalue weighted by Gasteiger charge is -2.34. The normalized spacial score (nSPS) is 27.5. The summed E-state index contributed by atoms with van der Waals surface area (Å²) in [6.45, 7) is 6.63. The minimum Gasteiger partial charge on any atom is -0.376 e. The lowest BCUT2D eigenvalue weighted by Crippen LogP contribution is -2.42. The van der Waals surface area contributed by atoms with E-state index in [-0.39, 0.29) is 12.0 Å². The first kappa shape index (κ1) is 20.6. The molecule has 3 unspecified atom stereocenters. The summed E-state index contributed by atoms with van der Waals surface area (Å²) in [5, 5.41) is 2.95. The van der Waals surface area contributed by atoms with Crippen LogP contribution in [0.4, 0.5) is 0 Å². The van der Waals surface area contributed by atoms with Crippen LogP contribution in [-0.2, 0) is 26.0 Å². The van der Waals surface area contributed by atoms with Crippen LogP contribution in [0.2, 0.25) is 0 Å². The molecule has 2 fully saturated rings. The second kappa shape index (κ2) is 8.20. The van der Waals surface area contributed by atoms with Gasteiger partial charge in [0, 0.05) is 38.2 Å². The van der Waals surface area contributed by atoms with Gasteiger partial charge in [0.05, 0.1) is 11.0 Å². The van der Waals surface area contributed by atoms with Gasteiger partial charge in [-0.1, -0.05) is 19.9 Å². The summed E-state index contributed by atoms with van der Waals surface area (Å²) in [5.41, 5.74) is 2.49. The van der Waals surface area contributed by atoms with Gasteiger partial charge in [-0.05, 0) is 60.4 Å². The zero-order valence-electron chi connectivity index (χ0n) is 17.2. The lowest BCUT2D eigenvalue weighted by molar-refractivity contribution is -0.118. The summed E-state index contributed by atoms with van der Waals surface area (Å²) in [6.07, 6.45) is 5.54. The van der Waals surface area contributed by atoms with E-state index in [0.717, 1.165) is 37.0 Å². The van der Waals surface area contributed by atoms with Gasteiger partial charge in [-0.3, -0.25) is 4.79 Å². The molecule has 6 nitrogen and oxygen atoms in total. The smallest absolute Gasteiger partial charge is 0.247 e. The Kier molecular flexibility index (Phi) is 5.82. The van der Waals surface area contributed by atoms with Gasteiger partial charge < -0.3 is 10.1 Å². The molecule has 0 bridgehead atoms. The monoisotopic (exact) mass is 418 g/mol. The van der Waals surface area contributed by atoms with Crippen molar-refractivity contribution in [3.8, 4) is 0 Å². The number of fused-ring (bicyclic) bond motifs is 1. The molecule has 4 rings (SSSR count). The summed E-state index contributed by atoms with van der Waals surface area (Å²) in [7, 11) is -3.52. The zero-order chi connectivity index (χ0) is 20.6. The number of hydrogen-bond acceptors (Lipinski definition) is 4. The summed E-state index contributed by atoms with van der Waals surface area (Å²) in [5.74, 6) is 0.628. The molecule has 0 radical (unpaired) electrons. The van der Waals surface area contributed by atoms with E-state index >= 15 is 0 Å². The number of nitrogens with one attached hydrogen (secondary N) is 1. The number of benzene rings is 1. The second-order valence-electron chi connectivity index (χ2n) is 8.82. The fourth-order valence-corrected chi connectivity index (χ4v) is 6.41. The van der Waals surface area contributed by atoms with Crippen molar-refractivity contribution in [1.82, 2.24) is 9.62 Å². The Hall–Kier alpha value is -1.70. The predicted octanol–water partition coefficient (Wildman–Crippen LogP) is 2.59. The zero-order valence-corrected chi connectivity index (χ0v) is 18.0. The van der Waals surface area contributed by atoms with Crippen LogP contribution < -0.4 is 5.32 Å². The van der Waals surface area contributed by atoms with E-state index in [0.29, 0.717) is 48.4 Å². The molecule has 0 spiro atoms. The van der Waals surface area contributed by atoms with Crippen LogP contribution in [-0.4, -0.2) is 51.0 Å². The fraction of sp³-hybridized carbons (Fsp3) is 0.591. The molecule has 3 aliphatic rings. The number of carbonyl (C=O) groups is 1. The maximum atomic E-state index is 13.2. The van der Waals surface area contributed by atoms with Crippen LogP contribution >= 0.6 is 0 Å². The molecule has 7 heteroatoms. The first-order valence-corrected chi connectivity index (χ1v) is 12.0. The molecule has 1 aromatic carbocycles. The quantitative estimate of drug-likeness (QED) is 0.798. The third-order valence-corrected chi connectivity index (χ3v) is 7.93. The summed E-state index contributed by atoms with van der Waals surface area (Å²) in [4.78, 5) is 12.8. The van der Waals surface area contributed by atoms with Crippen molar-refractivity contribution in [1.29, 1.82) is 0 Å². The summed E-state index contributed by atoms with van der Waals surface area (Å²) < 4.78 is 33.5. The van der Waals surface area contributed by atoms with Crippen LogP contribution in [0.5, 0.6) is 0 Å². The van der Waals surface area contributed by atoms with Crippen molar-refractivity contribution in [3.05, 3.63) is 34.9 Å². The standard InChI is InChI=1S/C22H30N2O4S/c1-15-8-16(2)14-24(13-15)29(26,27)21-6-5-17-9-19(10-18(17)11-21)22(25)23-12-20-4-3-7-28-20/h5-6,10-11,15-16,20H,3-4,7-9,12-14H2,1-2H3,(H,23,25). The fourth-order valence-electron chi connectivity index (χ4n) is 4.70. The summed E-state index contributed by atoms with van der Waals surface area (Å²) >= 11 is 0. The van der Waals surface area contributed by atoms with E-state index in [9.17, 15) is 13.2 Å². The highest BCUT2D eigenvalue weighted by Crippen LogP contribution is 2.31. The Morgan fingerprint density at radius 2 is 2.00 bits per heavy atom. The molecule has 1 N–H and O–H groups in total. The van der Waals surface area contributed by atoms with Crippen molar-refractivity contribution < 1.29 is 17.9 Å². The molecule has 0 saturated carbocycles. The number of amides is 1. The number of nitrogens with zero attached hydrogens (tertiary/aromatic N) is 1. The molecule has 1 aromatic rings. The van der Waals surface area contributed by atoms with E-state index in [2.05, 4.69) is 19.2 Å². The van der Waals surface area contributed by atoms with Crippen molar-refractivity contribution in [2.45, 2.75) is 50.5 Å². The van der Waals surface area contributed by atoms with E-state index in [1.165, 1.54) is 0 Å². The molecule has 0 aromatic heterocycles. The Balaban J connectivity index is 1.48. The molecule has 1 amide bonds. The van der Waals surface area contributed by atoms with Gasteiger partial charge in [0.25, 0.3) is 0 Å². The van der Waals surface area contributed by atoms with Gasteiger partial charge in [0.2, 0.25) is 15.9 Å². The van der Waals surface area contributed by atoms with Crippen molar-refractivity contribution in [3.63, 3.8) is 0 Å². The van der Waals surface area contributed by atoms with Crippen LogP contribution in [0.15, 0.2) is 28.7 Å². The summed E-state index contributed by atoms with van der Waals surface area (Å²) in [6, 6.07) is 5.24. The average Bonchev–Trinajstić information content (AvgIpc) is 3.34. The third kappa shape index (κ3) is 4.42. The van der Waals surface area contributed by atoms with Gasteiger partial charge in [-0.15, -0.1) is 0 Å². The van der Waals surface area contributed by atoms with Crippen LogP contribution in [0.3, 0.4) is 0 Å². The number of rotatable bonds is 5. The molecule has 3 atom stereocenters.